The summed E-state index contributed by atoms with van der Waals surface area (Å²) in [5, 5.41) is 5.03. The molecular weight excluding hydrogens is 398 g/mol. The Bertz CT molecular complexity index is 861. The minimum Gasteiger partial charge on any atom is -0.370 e. The molecule has 2 fully saturated rings. The predicted molar refractivity (Wildman–Crippen MR) is 119 cm³/mol. The highest BCUT2D eigenvalue weighted by Gasteiger charge is 2.25. The molecule has 1 aliphatic carbocycles. The van der Waals surface area contributed by atoms with Crippen LogP contribution in [0.3, 0.4) is 0 Å². The van der Waals surface area contributed by atoms with Crippen LogP contribution in [0.1, 0.15) is 29.6 Å². The first kappa shape index (κ1) is 20.6. The number of thiophene rings is 1. The van der Waals surface area contributed by atoms with E-state index >= 15 is 0 Å². The number of nitrogens with one attached hydrogen (secondary N) is 3. The van der Waals surface area contributed by atoms with Crippen molar-refractivity contribution in [3.05, 3.63) is 16.3 Å². The van der Waals surface area contributed by atoms with Crippen LogP contribution < -0.4 is 15.1 Å². The fourth-order valence-corrected chi connectivity index (χ4v) is 6.32. The van der Waals surface area contributed by atoms with Crippen molar-refractivity contribution in [1.82, 2.24) is 9.97 Å². The second-order valence-electron chi connectivity index (χ2n) is 9.10. The molecule has 1 atom stereocenters. The van der Waals surface area contributed by atoms with E-state index in [1.165, 1.54) is 38.4 Å². The molecule has 3 aliphatic rings. The summed E-state index contributed by atoms with van der Waals surface area (Å²) in [6, 6.07) is 0. The molecule has 0 radical (unpaired) electrons. The maximum Gasteiger partial charge on any atom is 0.187 e. The molecule has 2 aliphatic heterocycles. The highest BCUT2D eigenvalue weighted by atomic mass is 32.1. The number of ether oxygens (including phenoxy) is 2. The van der Waals surface area contributed by atoms with Crippen molar-refractivity contribution in [3.8, 4) is 0 Å². The normalized spacial score (nSPS) is 23.6. The van der Waals surface area contributed by atoms with Gasteiger partial charge in [-0.2, -0.15) is 0 Å². The predicted octanol–water partition coefficient (Wildman–Crippen LogP) is -0.442. The molecule has 5 rings (SSSR count). The largest absolute Gasteiger partial charge is 0.370 e. The number of quaternary nitrogens is 2. The first-order valence-corrected chi connectivity index (χ1v) is 12.5. The van der Waals surface area contributed by atoms with Gasteiger partial charge in [-0.15, -0.1) is 11.3 Å². The summed E-state index contributed by atoms with van der Waals surface area (Å²) in [4.78, 5) is 16.0. The zero-order valence-electron chi connectivity index (χ0n) is 18.1. The first-order valence-electron chi connectivity index (χ1n) is 11.6. The van der Waals surface area contributed by atoms with Crippen LogP contribution in [0.2, 0.25) is 0 Å². The van der Waals surface area contributed by atoms with Crippen LogP contribution in [0.15, 0.2) is 0 Å². The minimum absolute atomic E-state index is 0.775. The van der Waals surface area contributed by atoms with E-state index in [2.05, 4.69) is 12.2 Å². The smallest absolute Gasteiger partial charge is 0.187 e. The van der Waals surface area contributed by atoms with Gasteiger partial charge >= 0.3 is 0 Å². The SMILES string of the molecule is C[C@H]1CCc2c(sc3nc(C[NH+]4CCOCC4)nc(NCC[NH+]4CCOCC4)c23)C1. The van der Waals surface area contributed by atoms with Gasteiger partial charge < -0.3 is 24.6 Å². The number of morpholine rings is 2. The van der Waals surface area contributed by atoms with Gasteiger partial charge in [-0.05, 0) is 30.7 Å². The number of aryl methyl sites for hydroxylation is 1. The molecule has 8 heteroatoms. The van der Waals surface area contributed by atoms with Gasteiger partial charge in [0.25, 0.3) is 0 Å². The van der Waals surface area contributed by atoms with Crippen LogP contribution in [-0.4, -0.2) is 75.7 Å². The lowest BCUT2D eigenvalue weighted by atomic mass is 9.89. The maximum atomic E-state index is 5.52. The average molecular weight is 434 g/mol. The van der Waals surface area contributed by atoms with Gasteiger partial charge in [-0.1, -0.05) is 6.92 Å². The van der Waals surface area contributed by atoms with Crippen molar-refractivity contribution in [2.75, 3.05) is 71.0 Å². The molecule has 4 heterocycles. The molecule has 164 valence electrons. The number of hydrogen-bond acceptors (Lipinski definition) is 6. The molecule has 0 amide bonds. The number of nitrogens with zero attached hydrogens (tertiary/aromatic N) is 2. The Morgan fingerprint density at radius 1 is 1.03 bits per heavy atom. The third-order valence-corrected chi connectivity index (χ3v) is 7.93. The van der Waals surface area contributed by atoms with Crippen molar-refractivity contribution in [2.45, 2.75) is 32.7 Å². The summed E-state index contributed by atoms with van der Waals surface area (Å²) < 4.78 is 11.0. The second kappa shape index (κ2) is 9.44. The van der Waals surface area contributed by atoms with Crippen molar-refractivity contribution >= 4 is 27.4 Å². The van der Waals surface area contributed by atoms with Crippen LogP contribution >= 0.6 is 11.3 Å². The highest BCUT2D eigenvalue weighted by molar-refractivity contribution is 7.19. The second-order valence-corrected chi connectivity index (χ2v) is 10.2. The van der Waals surface area contributed by atoms with Crippen molar-refractivity contribution in [1.29, 1.82) is 0 Å². The molecular formula is C22H35N5O2S+2. The topological polar surface area (TPSA) is 65.2 Å². The quantitative estimate of drug-likeness (QED) is 0.577. The Labute approximate surface area is 182 Å². The van der Waals surface area contributed by atoms with E-state index in [0.29, 0.717) is 0 Å². The van der Waals surface area contributed by atoms with Gasteiger partial charge in [0.1, 0.15) is 43.4 Å². The monoisotopic (exact) mass is 433 g/mol. The van der Waals surface area contributed by atoms with Crippen molar-refractivity contribution < 1.29 is 19.3 Å². The molecule has 3 N–H and O–H groups in total. The average Bonchev–Trinajstić information content (AvgIpc) is 3.12. The lowest BCUT2D eigenvalue weighted by Gasteiger charge is -2.24. The Kier molecular flexibility index (Phi) is 6.48. The van der Waals surface area contributed by atoms with E-state index in [0.717, 1.165) is 96.2 Å². The lowest BCUT2D eigenvalue weighted by Crippen LogP contribution is -3.14. The van der Waals surface area contributed by atoms with E-state index in [-0.39, 0.29) is 0 Å². The zero-order chi connectivity index (χ0) is 20.3. The minimum atomic E-state index is 0.775. The number of hydrogen-bond donors (Lipinski definition) is 3. The summed E-state index contributed by atoms with van der Waals surface area (Å²) in [7, 11) is 0. The molecule has 2 aromatic rings. The van der Waals surface area contributed by atoms with E-state index in [1.54, 1.807) is 4.90 Å². The van der Waals surface area contributed by atoms with Gasteiger partial charge in [0.05, 0.1) is 44.9 Å². The lowest BCUT2D eigenvalue weighted by molar-refractivity contribution is -0.922. The van der Waals surface area contributed by atoms with Crippen molar-refractivity contribution in [3.63, 3.8) is 0 Å². The van der Waals surface area contributed by atoms with E-state index in [1.807, 2.05) is 11.3 Å². The third-order valence-electron chi connectivity index (χ3n) is 6.78. The van der Waals surface area contributed by atoms with Crippen LogP contribution in [0.25, 0.3) is 10.2 Å². The van der Waals surface area contributed by atoms with Crippen LogP contribution in [0.4, 0.5) is 5.82 Å². The molecule has 2 saturated heterocycles. The fraction of sp³-hybridized carbons (Fsp3) is 0.727. The van der Waals surface area contributed by atoms with Gasteiger partial charge in [0, 0.05) is 4.88 Å². The van der Waals surface area contributed by atoms with Crippen LogP contribution in [0.5, 0.6) is 0 Å². The Balaban J connectivity index is 1.39. The Morgan fingerprint density at radius 2 is 1.77 bits per heavy atom. The fourth-order valence-electron chi connectivity index (χ4n) is 4.92. The molecule has 30 heavy (non-hydrogen) atoms. The number of anilines is 1. The van der Waals surface area contributed by atoms with Gasteiger partial charge in [0.2, 0.25) is 0 Å². The molecule has 7 nitrogen and oxygen atoms in total. The highest BCUT2D eigenvalue weighted by Crippen LogP contribution is 2.39. The molecule has 0 unspecified atom stereocenters. The van der Waals surface area contributed by atoms with Crippen molar-refractivity contribution in [2.24, 2.45) is 5.92 Å². The zero-order valence-corrected chi connectivity index (χ0v) is 18.9. The third kappa shape index (κ3) is 4.62. The Hall–Kier alpha value is -1.32. The summed E-state index contributed by atoms with van der Waals surface area (Å²) in [6.07, 6.45) is 3.63. The number of rotatable bonds is 6. The van der Waals surface area contributed by atoms with Gasteiger partial charge in [-0.3, -0.25) is 0 Å². The standard InChI is InChI=1S/C22H33N5O2S/c1-16-2-3-17-18(14-16)30-22-20(17)21(23-4-5-26-6-10-28-11-7-26)24-19(25-22)15-27-8-12-29-13-9-27/h16H,2-15H2,1H3,(H,23,24,25)/p+2/t16-/m0/s1. The molecule has 2 aromatic heterocycles. The van der Waals surface area contributed by atoms with E-state index in [9.17, 15) is 0 Å². The van der Waals surface area contributed by atoms with Gasteiger partial charge in [-0.25, -0.2) is 9.97 Å². The molecule has 0 saturated carbocycles. The molecule has 0 spiro atoms. The number of fused-ring (bicyclic) bond motifs is 3. The summed E-state index contributed by atoms with van der Waals surface area (Å²) in [6.45, 7) is 13.1. The Morgan fingerprint density at radius 3 is 2.53 bits per heavy atom. The summed E-state index contributed by atoms with van der Waals surface area (Å²) in [5.74, 6) is 2.83. The van der Waals surface area contributed by atoms with E-state index in [4.69, 9.17) is 19.4 Å². The first-order chi connectivity index (χ1) is 14.8. The number of aromatic nitrogens is 2. The molecule has 0 bridgehead atoms. The summed E-state index contributed by atoms with van der Waals surface area (Å²) >= 11 is 1.91. The van der Waals surface area contributed by atoms with Crippen LogP contribution in [-0.2, 0) is 28.9 Å². The van der Waals surface area contributed by atoms with Gasteiger partial charge in [0.15, 0.2) is 5.82 Å². The maximum absolute atomic E-state index is 5.52. The van der Waals surface area contributed by atoms with Crippen LogP contribution in [0, 0.1) is 5.92 Å². The van der Waals surface area contributed by atoms with E-state index < -0.39 is 0 Å². The summed E-state index contributed by atoms with van der Waals surface area (Å²) in [5.41, 5.74) is 1.51. The molecule has 0 aromatic carbocycles.